The summed E-state index contributed by atoms with van der Waals surface area (Å²) < 4.78 is 0. The van der Waals surface area contributed by atoms with Crippen molar-refractivity contribution in [3.63, 3.8) is 0 Å². The van der Waals surface area contributed by atoms with Crippen molar-refractivity contribution in [3.05, 3.63) is 102 Å². The molecular weight excluding hydrogens is 306 g/mol. The molecule has 2 heteroatoms. The Morgan fingerprint density at radius 2 is 1.36 bits per heavy atom. The van der Waals surface area contributed by atoms with Gasteiger partial charge in [-0.2, -0.15) is 0 Å². The molecule has 2 nitrogen and oxygen atoms in total. The Hall–Kier alpha value is -3.26. The average Bonchev–Trinajstić information content (AvgIpc) is 2.69. The number of nitrogens with zero attached hydrogens (tertiary/aromatic N) is 1. The van der Waals surface area contributed by atoms with Gasteiger partial charge in [0.1, 0.15) is 5.69 Å². The van der Waals surface area contributed by atoms with Crippen LogP contribution in [0.2, 0.25) is 0 Å². The Morgan fingerprint density at radius 1 is 0.760 bits per heavy atom. The molecule has 0 amide bonds. The van der Waals surface area contributed by atoms with Crippen LogP contribution in [-0.2, 0) is 0 Å². The molecular formula is C23H17NO. The number of ketones is 1. The molecule has 0 saturated heterocycles. The number of hydrogen-bond donors (Lipinski definition) is 0. The zero-order valence-corrected chi connectivity index (χ0v) is 13.9. The molecule has 0 saturated carbocycles. The highest BCUT2D eigenvalue weighted by molar-refractivity contribution is 6.13. The van der Waals surface area contributed by atoms with Gasteiger partial charge in [-0.1, -0.05) is 78.9 Å². The van der Waals surface area contributed by atoms with Gasteiger partial charge in [-0.25, -0.2) is 4.98 Å². The fourth-order valence-electron chi connectivity index (χ4n) is 3.23. The van der Waals surface area contributed by atoms with E-state index in [1.54, 1.807) is 0 Å². The van der Waals surface area contributed by atoms with Gasteiger partial charge in [0, 0.05) is 16.5 Å². The highest BCUT2D eigenvalue weighted by Gasteiger charge is 2.20. The number of benzene rings is 3. The summed E-state index contributed by atoms with van der Waals surface area (Å²) in [6, 6.07) is 27.3. The predicted molar refractivity (Wildman–Crippen MR) is 102 cm³/mol. The third-order valence-electron chi connectivity index (χ3n) is 4.47. The van der Waals surface area contributed by atoms with Crippen molar-refractivity contribution in [2.24, 2.45) is 0 Å². The molecule has 0 aliphatic heterocycles. The van der Waals surface area contributed by atoms with Crippen LogP contribution in [0.5, 0.6) is 0 Å². The van der Waals surface area contributed by atoms with Gasteiger partial charge in [-0.15, -0.1) is 0 Å². The Bertz CT molecular complexity index is 1050. The van der Waals surface area contributed by atoms with E-state index >= 15 is 0 Å². The first-order chi connectivity index (χ1) is 12.3. The van der Waals surface area contributed by atoms with Crippen LogP contribution in [0.1, 0.15) is 21.6 Å². The van der Waals surface area contributed by atoms with Crippen molar-refractivity contribution in [2.75, 3.05) is 0 Å². The number of hydrogen-bond acceptors (Lipinski definition) is 2. The van der Waals surface area contributed by atoms with E-state index in [-0.39, 0.29) is 5.78 Å². The summed E-state index contributed by atoms with van der Waals surface area (Å²) in [4.78, 5) is 17.9. The van der Waals surface area contributed by atoms with Crippen LogP contribution in [0.25, 0.3) is 22.0 Å². The van der Waals surface area contributed by atoms with Gasteiger partial charge in [0.05, 0.1) is 5.52 Å². The summed E-state index contributed by atoms with van der Waals surface area (Å²) in [6.45, 7) is 2.06. The molecule has 120 valence electrons. The molecule has 4 rings (SSSR count). The lowest BCUT2D eigenvalue weighted by Gasteiger charge is -2.14. The molecule has 25 heavy (non-hydrogen) atoms. The molecule has 1 heterocycles. The Kier molecular flexibility index (Phi) is 3.87. The first-order valence-corrected chi connectivity index (χ1v) is 8.30. The van der Waals surface area contributed by atoms with E-state index in [1.165, 1.54) is 0 Å². The molecule has 0 unspecified atom stereocenters. The molecule has 0 fully saturated rings. The van der Waals surface area contributed by atoms with Gasteiger partial charge in [-0.3, -0.25) is 4.79 Å². The fourth-order valence-corrected chi connectivity index (χ4v) is 3.23. The van der Waals surface area contributed by atoms with Crippen molar-refractivity contribution in [2.45, 2.75) is 6.92 Å². The van der Waals surface area contributed by atoms with Gasteiger partial charge in [-0.05, 0) is 24.1 Å². The standard InChI is InChI=1S/C23H17NO/c1-16-19-14-8-9-15-20(19)24-22(21(16)17-10-4-2-5-11-17)23(25)18-12-6-3-7-13-18/h2-15H,1H3. The number of pyridine rings is 1. The van der Waals surface area contributed by atoms with Crippen molar-refractivity contribution < 1.29 is 4.79 Å². The lowest BCUT2D eigenvalue weighted by Crippen LogP contribution is -2.08. The lowest BCUT2D eigenvalue weighted by molar-refractivity contribution is 0.103. The van der Waals surface area contributed by atoms with E-state index < -0.39 is 0 Å². The van der Waals surface area contributed by atoms with Crippen LogP contribution < -0.4 is 0 Å². The lowest BCUT2D eigenvalue weighted by atomic mass is 9.92. The van der Waals surface area contributed by atoms with Crippen LogP contribution in [0.3, 0.4) is 0 Å². The predicted octanol–water partition coefficient (Wildman–Crippen LogP) is 5.44. The summed E-state index contributed by atoms with van der Waals surface area (Å²) in [7, 11) is 0. The van der Waals surface area contributed by atoms with E-state index in [9.17, 15) is 4.79 Å². The second-order valence-electron chi connectivity index (χ2n) is 6.04. The number of aromatic nitrogens is 1. The number of aryl methyl sites for hydroxylation is 1. The van der Waals surface area contributed by atoms with Gasteiger partial charge in [0.2, 0.25) is 5.78 Å². The topological polar surface area (TPSA) is 30.0 Å². The summed E-state index contributed by atoms with van der Waals surface area (Å²) >= 11 is 0. The summed E-state index contributed by atoms with van der Waals surface area (Å²) in [5.41, 5.74) is 5.01. The number of para-hydroxylation sites is 1. The smallest absolute Gasteiger partial charge is 0.212 e. The van der Waals surface area contributed by atoms with Crippen LogP contribution >= 0.6 is 0 Å². The molecule has 0 spiro atoms. The van der Waals surface area contributed by atoms with Gasteiger partial charge in [0.25, 0.3) is 0 Å². The molecule has 0 N–H and O–H groups in total. The maximum absolute atomic E-state index is 13.2. The maximum atomic E-state index is 13.2. The van der Waals surface area contributed by atoms with Gasteiger partial charge < -0.3 is 0 Å². The molecule has 1 aromatic heterocycles. The summed E-state index contributed by atoms with van der Waals surface area (Å²) in [6.07, 6.45) is 0. The highest BCUT2D eigenvalue weighted by Crippen LogP contribution is 2.32. The van der Waals surface area contributed by atoms with E-state index in [4.69, 9.17) is 4.98 Å². The third kappa shape index (κ3) is 2.72. The molecule has 0 atom stereocenters. The van der Waals surface area contributed by atoms with E-state index in [2.05, 4.69) is 13.0 Å². The van der Waals surface area contributed by atoms with Crippen molar-refractivity contribution >= 4 is 16.7 Å². The zero-order valence-electron chi connectivity index (χ0n) is 13.9. The minimum atomic E-state index is -0.0479. The minimum Gasteiger partial charge on any atom is -0.287 e. The van der Waals surface area contributed by atoms with Crippen LogP contribution in [0.4, 0.5) is 0 Å². The second-order valence-corrected chi connectivity index (χ2v) is 6.04. The number of rotatable bonds is 3. The Morgan fingerprint density at radius 3 is 2.08 bits per heavy atom. The first-order valence-electron chi connectivity index (χ1n) is 8.30. The first kappa shape index (κ1) is 15.3. The fraction of sp³-hybridized carbons (Fsp3) is 0.0435. The molecule has 0 bridgehead atoms. The van der Waals surface area contributed by atoms with Crippen LogP contribution in [0.15, 0.2) is 84.9 Å². The summed E-state index contributed by atoms with van der Waals surface area (Å²) in [5, 5.41) is 1.07. The van der Waals surface area contributed by atoms with Crippen LogP contribution in [-0.4, -0.2) is 10.8 Å². The minimum absolute atomic E-state index is 0.0479. The van der Waals surface area contributed by atoms with E-state index in [0.29, 0.717) is 11.3 Å². The van der Waals surface area contributed by atoms with E-state index in [1.807, 2.05) is 78.9 Å². The van der Waals surface area contributed by atoms with Crippen molar-refractivity contribution in [1.82, 2.24) is 4.98 Å². The SMILES string of the molecule is Cc1c(-c2ccccc2)c(C(=O)c2ccccc2)nc2ccccc12. The van der Waals surface area contributed by atoms with Crippen LogP contribution in [0, 0.1) is 6.92 Å². The van der Waals surface area contributed by atoms with Gasteiger partial charge >= 0.3 is 0 Å². The number of fused-ring (bicyclic) bond motifs is 1. The zero-order chi connectivity index (χ0) is 17.2. The third-order valence-corrected chi connectivity index (χ3v) is 4.47. The number of carbonyl (C=O) groups is 1. The van der Waals surface area contributed by atoms with Crippen molar-refractivity contribution in [1.29, 1.82) is 0 Å². The summed E-state index contributed by atoms with van der Waals surface area (Å²) in [5.74, 6) is -0.0479. The molecule has 0 aliphatic rings. The quantitative estimate of drug-likeness (QED) is 0.470. The number of carbonyl (C=O) groups excluding carboxylic acids is 1. The molecule has 3 aromatic carbocycles. The molecule has 0 aliphatic carbocycles. The van der Waals surface area contributed by atoms with Gasteiger partial charge in [0.15, 0.2) is 0 Å². The molecule has 0 radical (unpaired) electrons. The Labute approximate surface area is 146 Å². The second kappa shape index (κ2) is 6.33. The Balaban J connectivity index is 2.04. The van der Waals surface area contributed by atoms with Crippen molar-refractivity contribution in [3.8, 4) is 11.1 Å². The van der Waals surface area contributed by atoms with E-state index in [0.717, 1.165) is 27.6 Å². The maximum Gasteiger partial charge on any atom is 0.212 e. The normalized spacial score (nSPS) is 10.8. The highest BCUT2D eigenvalue weighted by atomic mass is 16.1. The average molecular weight is 323 g/mol. The molecule has 4 aromatic rings. The largest absolute Gasteiger partial charge is 0.287 e. The monoisotopic (exact) mass is 323 g/mol.